The Morgan fingerprint density at radius 3 is 2.76 bits per heavy atom. The highest BCUT2D eigenvalue weighted by molar-refractivity contribution is 5.84. The molecule has 1 amide bonds. The summed E-state index contributed by atoms with van der Waals surface area (Å²) in [5.74, 6) is 0.0529. The molecule has 21 heavy (non-hydrogen) atoms. The molecule has 1 saturated heterocycles. The van der Waals surface area contributed by atoms with Crippen LogP contribution in [0, 0.1) is 0 Å². The Morgan fingerprint density at radius 2 is 2.05 bits per heavy atom. The van der Waals surface area contributed by atoms with Crippen molar-refractivity contribution in [2.24, 2.45) is 0 Å². The van der Waals surface area contributed by atoms with Gasteiger partial charge in [0.1, 0.15) is 6.10 Å². The number of nitrogens with zero attached hydrogens (tertiary/aromatic N) is 1. The second kappa shape index (κ2) is 10.6. The normalized spacial score (nSPS) is 18.6. The number of unbranched alkanes of at least 4 members (excludes halogenated alkanes) is 2. The van der Waals surface area contributed by atoms with Gasteiger partial charge >= 0.3 is 6.09 Å². The van der Waals surface area contributed by atoms with Crippen molar-refractivity contribution < 1.29 is 23.8 Å². The molecule has 1 aliphatic heterocycles. The number of amides is 1. The molecule has 0 aliphatic carbocycles. The van der Waals surface area contributed by atoms with Crippen molar-refractivity contribution >= 4 is 11.9 Å². The monoisotopic (exact) mass is 301 g/mol. The van der Waals surface area contributed by atoms with Crippen LogP contribution in [0.3, 0.4) is 0 Å². The van der Waals surface area contributed by atoms with Crippen LogP contribution in [0.25, 0.3) is 0 Å². The first-order valence-corrected chi connectivity index (χ1v) is 7.74. The van der Waals surface area contributed by atoms with Crippen molar-refractivity contribution in [1.29, 1.82) is 0 Å². The Kier molecular flexibility index (Phi) is 9.01. The molecule has 122 valence electrons. The van der Waals surface area contributed by atoms with Crippen molar-refractivity contribution in [3.8, 4) is 0 Å². The molecule has 1 rings (SSSR count). The van der Waals surface area contributed by atoms with E-state index in [1.807, 2.05) is 6.92 Å². The van der Waals surface area contributed by atoms with E-state index in [1.165, 1.54) is 0 Å². The lowest BCUT2D eigenvalue weighted by molar-refractivity contribution is -0.135. The van der Waals surface area contributed by atoms with Crippen LogP contribution >= 0.6 is 0 Å². The van der Waals surface area contributed by atoms with Gasteiger partial charge in [0.15, 0.2) is 5.78 Å². The number of methoxy groups -OCH3 is 1. The Hall–Kier alpha value is -1.14. The van der Waals surface area contributed by atoms with E-state index in [4.69, 9.17) is 14.2 Å². The van der Waals surface area contributed by atoms with Crippen molar-refractivity contribution in [3.05, 3.63) is 0 Å². The number of rotatable bonds is 9. The predicted octanol–water partition coefficient (Wildman–Crippen LogP) is 2.01. The van der Waals surface area contributed by atoms with Gasteiger partial charge in [0.25, 0.3) is 0 Å². The summed E-state index contributed by atoms with van der Waals surface area (Å²) in [5, 5.41) is 0. The topological polar surface area (TPSA) is 65.1 Å². The van der Waals surface area contributed by atoms with Gasteiger partial charge in [-0.3, -0.25) is 4.79 Å². The van der Waals surface area contributed by atoms with Gasteiger partial charge < -0.3 is 19.1 Å². The lowest BCUT2D eigenvalue weighted by Crippen LogP contribution is -2.48. The molecule has 0 radical (unpaired) electrons. The van der Waals surface area contributed by atoms with Crippen LogP contribution in [0.5, 0.6) is 0 Å². The Labute approximate surface area is 126 Å². The smallest absolute Gasteiger partial charge is 0.409 e. The molecule has 1 heterocycles. The van der Waals surface area contributed by atoms with Gasteiger partial charge in [-0.2, -0.15) is 0 Å². The maximum atomic E-state index is 12.0. The number of ketones is 1. The molecule has 0 bridgehead atoms. The summed E-state index contributed by atoms with van der Waals surface area (Å²) in [5.41, 5.74) is 0. The fourth-order valence-corrected chi connectivity index (χ4v) is 2.11. The first-order chi connectivity index (χ1) is 10.2. The Morgan fingerprint density at radius 1 is 1.24 bits per heavy atom. The van der Waals surface area contributed by atoms with Gasteiger partial charge in [0.2, 0.25) is 0 Å². The van der Waals surface area contributed by atoms with Crippen molar-refractivity contribution in [2.45, 2.75) is 45.1 Å². The van der Waals surface area contributed by atoms with Crippen molar-refractivity contribution in [3.63, 3.8) is 0 Å². The fraction of sp³-hybridized carbons (Fsp3) is 0.867. The average molecular weight is 301 g/mol. The zero-order valence-corrected chi connectivity index (χ0v) is 13.1. The second-order valence-corrected chi connectivity index (χ2v) is 5.19. The quantitative estimate of drug-likeness (QED) is 0.610. The number of hydrogen-bond acceptors (Lipinski definition) is 5. The Bertz CT molecular complexity index is 321. The Balaban J connectivity index is 2.30. The van der Waals surface area contributed by atoms with Gasteiger partial charge in [0.05, 0.1) is 19.8 Å². The number of hydrogen-bond donors (Lipinski definition) is 0. The third-order valence-electron chi connectivity index (χ3n) is 3.43. The van der Waals surface area contributed by atoms with E-state index in [0.717, 1.165) is 25.7 Å². The molecule has 0 spiro atoms. The molecule has 6 heteroatoms. The molecule has 0 aromatic heterocycles. The van der Waals surface area contributed by atoms with E-state index >= 15 is 0 Å². The lowest BCUT2D eigenvalue weighted by Gasteiger charge is -2.31. The first-order valence-electron chi connectivity index (χ1n) is 7.74. The highest BCUT2D eigenvalue weighted by Crippen LogP contribution is 2.11. The summed E-state index contributed by atoms with van der Waals surface area (Å²) in [7, 11) is 1.65. The number of morpholine rings is 1. The SMILES string of the molecule is CCCCOC(=O)N1CCOC(C(=O)CCCCOC)C1. The van der Waals surface area contributed by atoms with Gasteiger partial charge in [-0.1, -0.05) is 13.3 Å². The molecule has 0 aromatic carbocycles. The van der Waals surface area contributed by atoms with Crippen LogP contribution in [0.15, 0.2) is 0 Å². The van der Waals surface area contributed by atoms with Crippen LogP contribution in [-0.4, -0.2) is 62.9 Å². The van der Waals surface area contributed by atoms with Crippen LogP contribution in [-0.2, 0) is 19.0 Å². The molecule has 1 fully saturated rings. The molecule has 0 aromatic rings. The molecule has 1 aliphatic rings. The fourth-order valence-electron chi connectivity index (χ4n) is 2.11. The predicted molar refractivity (Wildman–Crippen MR) is 78.3 cm³/mol. The molecule has 6 nitrogen and oxygen atoms in total. The van der Waals surface area contributed by atoms with E-state index in [1.54, 1.807) is 12.0 Å². The van der Waals surface area contributed by atoms with Gasteiger partial charge in [-0.15, -0.1) is 0 Å². The van der Waals surface area contributed by atoms with E-state index in [2.05, 4.69) is 0 Å². The molecule has 1 atom stereocenters. The summed E-state index contributed by atoms with van der Waals surface area (Å²) in [4.78, 5) is 25.5. The maximum Gasteiger partial charge on any atom is 0.409 e. The van der Waals surface area contributed by atoms with Gasteiger partial charge in [-0.05, 0) is 19.3 Å². The largest absolute Gasteiger partial charge is 0.449 e. The highest BCUT2D eigenvalue weighted by atomic mass is 16.6. The summed E-state index contributed by atoms with van der Waals surface area (Å²) in [6, 6.07) is 0. The van der Waals surface area contributed by atoms with Crippen LogP contribution in [0.4, 0.5) is 4.79 Å². The molecule has 1 unspecified atom stereocenters. The summed E-state index contributed by atoms with van der Waals surface area (Å²) < 4.78 is 15.6. The van der Waals surface area contributed by atoms with Crippen LogP contribution in [0.1, 0.15) is 39.0 Å². The summed E-state index contributed by atoms with van der Waals surface area (Å²) >= 11 is 0. The lowest BCUT2D eigenvalue weighted by atomic mass is 10.1. The number of ether oxygens (including phenoxy) is 3. The summed E-state index contributed by atoms with van der Waals surface area (Å²) in [6.07, 6.45) is 3.10. The van der Waals surface area contributed by atoms with E-state index in [9.17, 15) is 9.59 Å². The molecular formula is C15H27NO5. The number of Topliss-reactive ketones (excluding diaryl/α,β-unsaturated/α-hetero) is 1. The van der Waals surface area contributed by atoms with E-state index in [-0.39, 0.29) is 11.9 Å². The minimum Gasteiger partial charge on any atom is -0.449 e. The van der Waals surface area contributed by atoms with Gasteiger partial charge in [0, 0.05) is 26.7 Å². The first kappa shape index (κ1) is 17.9. The van der Waals surface area contributed by atoms with Crippen molar-refractivity contribution in [1.82, 2.24) is 4.90 Å². The van der Waals surface area contributed by atoms with Crippen LogP contribution < -0.4 is 0 Å². The average Bonchev–Trinajstić information content (AvgIpc) is 2.51. The van der Waals surface area contributed by atoms with Gasteiger partial charge in [-0.25, -0.2) is 4.79 Å². The minimum atomic E-state index is -0.514. The number of carbonyl (C=O) groups is 2. The van der Waals surface area contributed by atoms with Crippen LogP contribution in [0.2, 0.25) is 0 Å². The van der Waals surface area contributed by atoms with E-state index in [0.29, 0.717) is 39.3 Å². The second-order valence-electron chi connectivity index (χ2n) is 5.19. The number of carbonyl (C=O) groups excluding carboxylic acids is 2. The molecule has 0 saturated carbocycles. The third kappa shape index (κ3) is 6.91. The van der Waals surface area contributed by atoms with E-state index < -0.39 is 6.10 Å². The maximum absolute atomic E-state index is 12.0. The molecule has 0 N–H and O–H groups in total. The third-order valence-corrected chi connectivity index (χ3v) is 3.43. The highest BCUT2D eigenvalue weighted by Gasteiger charge is 2.29. The zero-order valence-electron chi connectivity index (χ0n) is 13.1. The standard InChI is InChI=1S/C15H27NO5/c1-3-4-10-21-15(18)16-8-11-20-14(12-16)13(17)7-5-6-9-19-2/h14H,3-12H2,1-2H3. The minimum absolute atomic E-state index is 0.0529. The zero-order chi connectivity index (χ0) is 15.5. The molecular weight excluding hydrogens is 274 g/mol. The summed E-state index contributed by atoms with van der Waals surface area (Å²) in [6.45, 7) is 4.31. The van der Waals surface area contributed by atoms with Crippen molar-refractivity contribution in [2.75, 3.05) is 40.0 Å².